The fourth-order valence-electron chi connectivity index (χ4n) is 3.64. The van der Waals surface area contributed by atoms with Gasteiger partial charge in [0.1, 0.15) is 11.5 Å². The molecule has 0 aliphatic carbocycles. The summed E-state index contributed by atoms with van der Waals surface area (Å²) in [6.45, 7) is 7.78. The Kier molecular flexibility index (Phi) is 7.35. The molecule has 0 aliphatic rings. The monoisotopic (exact) mass is 427 g/mol. The van der Waals surface area contributed by atoms with Crippen LogP contribution < -0.4 is 0 Å². The van der Waals surface area contributed by atoms with Gasteiger partial charge >= 0.3 is 0 Å². The number of nitrogens with zero attached hydrogens (tertiary/aromatic N) is 3. The number of carbonyl (C=O) groups excluding carboxylic acids is 1. The van der Waals surface area contributed by atoms with E-state index in [9.17, 15) is 4.79 Å². The summed E-state index contributed by atoms with van der Waals surface area (Å²) in [6.07, 6.45) is 2.45. The van der Waals surface area contributed by atoms with Crippen molar-refractivity contribution in [3.63, 3.8) is 0 Å². The van der Waals surface area contributed by atoms with Crippen LogP contribution in [0.5, 0.6) is 0 Å². The predicted octanol–water partition coefficient (Wildman–Crippen LogP) is 6.11. The molecule has 6 heteroatoms. The number of nitriles is 1. The summed E-state index contributed by atoms with van der Waals surface area (Å²) in [4.78, 5) is 11.0. The number of hydrogen-bond acceptors (Lipinski definition) is 6. The van der Waals surface area contributed by atoms with Crippen LogP contribution in [0.2, 0.25) is 0 Å². The van der Waals surface area contributed by atoms with Crippen molar-refractivity contribution in [3.05, 3.63) is 82.6 Å². The van der Waals surface area contributed by atoms with Crippen LogP contribution in [0.1, 0.15) is 52.7 Å². The highest BCUT2D eigenvalue weighted by Crippen LogP contribution is 2.31. The summed E-state index contributed by atoms with van der Waals surface area (Å²) >= 11 is 0. The highest BCUT2D eigenvalue weighted by molar-refractivity contribution is 5.88. The lowest BCUT2D eigenvalue weighted by Crippen LogP contribution is -1.91. The first-order chi connectivity index (χ1) is 15.5. The second-order valence-corrected chi connectivity index (χ2v) is 7.19. The number of aldehydes is 1. The smallest absolute Gasteiger partial charge is 0.150 e. The van der Waals surface area contributed by atoms with Gasteiger partial charge in [0.25, 0.3) is 0 Å². The maximum Gasteiger partial charge on any atom is 0.150 e. The van der Waals surface area contributed by atoms with Gasteiger partial charge in [-0.25, -0.2) is 0 Å². The largest absolute Gasteiger partial charge is 0.361 e. The molecule has 0 amide bonds. The minimum atomic E-state index is 0.656. The second kappa shape index (κ2) is 10.4. The zero-order valence-electron chi connectivity index (χ0n) is 18.7. The maximum atomic E-state index is 11.0. The Morgan fingerprint density at radius 2 is 1.34 bits per heavy atom. The summed E-state index contributed by atoms with van der Waals surface area (Å²) in [5.74, 6) is 1.52. The highest BCUT2D eigenvalue weighted by Gasteiger charge is 2.16. The molecule has 4 aromatic rings. The third-order valence-corrected chi connectivity index (χ3v) is 5.21. The zero-order valence-corrected chi connectivity index (χ0v) is 18.7. The summed E-state index contributed by atoms with van der Waals surface area (Å²) < 4.78 is 10.4. The topological polar surface area (TPSA) is 92.9 Å². The molecule has 0 N–H and O–H groups in total. The van der Waals surface area contributed by atoms with Crippen molar-refractivity contribution >= 4 is 6.29 Å². The van der Waals surface area contributed by atoms with Crippen LogP contribution in [-0.2, 0) is 12.8 Å². The molecule has 0 aliphatic heterocycles. The van der Waals surface area contributed by atoms with Gasteiger partial charge in [-0.2, -0.15) is 5.26 Å². The first-order valence-corrected chi connectivity index (χ1v) is 10.5. The molecule has 0 fully saturated rings. The summed E-state index contributed by atoms with van der Waals surface area (Å²) in [7, 11) is 0. The lowest BCUT2D eigenvalue weighted by molar-refractivity contribution is 0.112. The zero-order chi connectivity index (χ0) is 23.1. The summed E-state index contributed by atoms with van der Waals surface area (Å²) in [6, 6.07) is 17.2. The first-order valence-electron chi connectivity index (χ1n) is 10.5. The van der Waals surface area contributed by atoms with Crippen LogP contribution in [0.4, 0.5) is 0 Å². The molecule has 0 spiro atoms. The van der Waals surface area contributed by atoms with Crippen LogP contribution in [0.3, 0.4) is 0 Å². The van der Waals surface area contributed by atoms with E-state index in [0.717, 1.165) is 64.3 Å². The highest BCUT2D eigenvalue weighted by atomic mass is 16.5. The van der Waals surface area contributed by atoms with E-state index in [0.29, 0.717) is 11.1 Å². The Hall–Kier alpha value is -3.98. The molecular formula is C26H25N3O3. The average molecular weight is 428 g/mol. The SMILES string of the molecule is CCc1noc(C)c1-c1ccccc1C#N.CCc1noc(C)c1-c1ccccc1C=O. The molecule has 162 valence electrons. The molecule has 0 saturated heterocycles. The average Bonchev–Trinajstić information content (AvgIpc) is 3.40. The predicted molar refractivity (Wildman–Crippen MR) is 122 cm³/mol. The first kappa shape index (κ1) is 22.7. The Morgan fingerprint density at radius 1 is 0.844 bits per heavy atom. The maximum absolute atomic E-state index is 11.0. The number of carbonyl (C=O) groups is 1. The normalized spacial score (nSPS) is 10.2. The van der Waals surface area contributed by atoms with Crippen LogP contribution >= 0.6 is 0 Å². The van der Waals surface area contributed by atoms with Gasteiger partial charge in [0, 0.05) is 22.3 Å². The van der Waals surface area contributed by atoms with Gasteiger partial charge in [0.15, 0.2) is 6.29 Å². The molecule has 0 radical (unpaired) electrons. The van der Waals surface area contributed by atoms with Gasteiger partial charge < -0.3 is 9.05 Å². The molecule has 0 bridgehead atoms. The third kappa shape index (κ3) is 4.52. The molecule has 2 aromatic carbocycles. The van der Waals surface area contributed by atoms with Crippen LogP contribution in [-0.4, -0.2) is 16.6 Å². The number of benzene rings is 2. The minimum absolute atomic E-state index is 0.656. The molecule has 32 heavy (non-hydrogen) atoms. The van der Waals surface area contributed by atoms with Crippen molar-refractivity contribution < 1.29 is 13.8 Å². The number of aromatic nitrogens is 2. The standard InChI is InChI=1S/C13H12N2O.C13H13NO2/c1-3-12-13(9(2)16-15-12)11-7-5-4-6-10(11)8-14;1-3-12-13(9(2)16-14-12)11-7-5-4-6-10(11)8-15/h4-7H,3H2,1-2H3;4-8H,3H2,1-2H3. The van der Waals surface area contributed by atoms with E-state index in [-0.39, 0.29) is 0 Å². The quantitative estimate of drug-likeness (QED) is 0.357. The van der Waals surface area contributed by atoms with Gasteiger partial charge in [0.2, 0.25) is 0 Å². The van der Waals surface area contributed by atoms with E-state index >= 15 is 0 Å². The lowest BCUT2D eigenvalue weighted by Gasteiger charge is -2.03. The second-order valence-electron chi connectivity index (χ2n) is 7.19. The molecule has 2 heterocycles. The van der Waals surface area contributed by atoms with E-state index in [1.807, 2.05) is 64.1 Å². The van der Waals surface area contributed by atoms with E-state index in [1.165, 1.54) is 0 Å². The Balaban J connectivity index is 0.000000181. The Labute approximate surface area is 187 Å². The van der Waals surface area contributed by atoms with Crippen molar-refractivity contribution in [2.24, 2.45) is 0 Å². The number of rotatable bonds is 5. The third-order valence-electron chi connectivity index (χ3n) is 5.21. The Morgan fingerprint density at radius 3 is 1.88 bits per heavy atom. The van der Waals surface area contributed by atoms with Crippen molar-refractivity contribution in [3.8, 4) is 28.3 Å². The number of aryl methyl sites for hydroxylation is 4. The van der Waals surface area contributed by atoms with E-state index < -0.39 is 0 Å². The van der Waals surface area contributed by atoms with Crippen molar-refractivity contribution in [2.75, 3.05) is 0 Å². The number of hydrogen-bond donors (Lipinski definition) is 0. The fourth-order valence-corrected chi connectivity index (χ4v) is 3.64. The summed E-state index contributed by atoms with van der Waals surface area (Å²) in [5.41, 5.74) is 6.83. The molecular weight excluding hydrogens is 402 g/mol. The van der Waals surface area contributed by atoms with E-state index in [2.05, 4.69) is 16.4 Å². The molecule has 0 unspecified atom stereocenters. The van der Waals surface area contributed by atoms with Gasteiger partial charge in [-0.3, -0.25) is 4.79 Å². The molecule has 0 atom stereocenters. The summed E-state index contributed by atoms with van der Waals surface area (Å²) in [5, 5.41) is 17.1. The molecule has 0 saturated carbocycles. The van der Waals surface area contributed by atoms with E-state index in [1.54, 1.807) is 12.1 Å². The van der Waals surface area contributed by atoms with Crippen LogP contribution in [0.15, 0.2) is 57.6 Å². The van der Waals surface area contributed by atoms with Crippen molar-refractivity contribution in [2.45, 2.75) is 40.5 Å². The fraction of sp³-hybridized carbons (Fsp3) is 0.231. The Bertz CT molecular complexity index is 1260. The molecule has 6 nitrogen and oxygen atoms in total. The van der Waals surface area contributed by atoms with E-state index in [4.69, 9.17) is 14.3 Å². The van der Waals surface area contributed by atoms with Gasteiger partial charge in [0.05, 0.1) is 23.0 Å². The van der Waals surface area contributed by atoms with Gasteiger partial charge in [-0.15, -0.1) is 0 Å². The van der Waals surface area contributed by atoms with Gasteiger partial charge in [-0.1, -0.05) is 66.6 Å². The minimum Gasteiger partial charge on any atom is -0.361 e. The lowest BCUT2D eigenvalue weighted by atomic mass is 9.98. The molecule has 4 rings (SSSR count). The van der Waals surface area contributed by atoms with Crippen molar-refractivity contribution in [1.82, 2.24) is 10.3 Å². The van der Waals surface area contributed by atoms with Crippen LogP contribution in [0.25, 0.3) is 22.3 Å². The molecule has 2 aromatic heterocycles. The van der Waals surface area contributed by atoms with Crippen molar-refractivity contribution in [1.29, 1.82) is 5.26 Å². The van der Waals surface area contributed by atoms with Crippen LogP contribution in [0, 0.1) is 25.2 Å². The van der Waals surface area contributed by atoms with Gasteiger partial charge in [-0.05, 0) is 38.3 Å².